The van der Waals surface area contributed by atoms with Crippen molar-refractivity contribution in [3.05, 3.63) is 35.4 Å². The zero-order valence-corrected chi connectivity index (χ0v) is 13.4. The molecule has 0 bridgehead atoms. The molecule has 0 unspecified atom stereocenters. The van der Waals surface area contributed by atoms with Crippen LogP contribution in [0.15, 0.2) is 24.3 Å². The van der Waals surface area contributed by atoms with Gasteiger partial charge in [0.25, 0.3) is 0 Å². The Labute approximate surface area is 127 Å². The third-order valence-corrected chi connectivity index (χ3v) is 3.87. The Morgan fingerprint density at radius 1 is 1.38 bits per heavy atom. The van der Waals surface area contributed by atoms with Crippen molar-refractivity contribution < 1.29 is 9.53 Å². The second kappa shape index (κ2) is 6.06. The summed E-state index contributed by atoms with van der Waals surface area (Å²) in [6.45, 7) is 9.68. The first-order valence-electron chi connectivity index (χ1n) is 7.54. The molecule has 1 aromatic rings. The Morgan fingerprint density at radius 2 is 2.10 bits per heavy atom. The number of hydrogen-bond donors (Lipinski definition) is 1. The molecule has 1 aromatic carbocycles. The lowest BCUT2D eigenvalue weighted by atomic mass is 9.88. The molecule has 0 saturated carbocycles. The van der Waals surface area contributed by atoms with Crippen molar-refractivity contribution in [1.82, 2.24) is 4.90 Å². The molecule has 0 aromatic heterocycles. The van der Waals surface area contributed by atoms with E-state index >= 15 is 0 Å². The molecule has 116 valence electrons. The van der Waals surface area contributed by atoms with Gasteiger partial charge in [-0.25, -0.2) is 4.79 Å². The maximum atomic E-state index is 12.2. The molecule has 1 amide bonds. The Bertz CT molecular complexity index is 508. The fourth-order valence-electron chi connectivity index (χ4n) is 2.86. The van der Waals surface area contributed by atoms with Gasteiger partial charge in [-0.1, -0.05) is 29.8 Å². The highest BCUT2D eigenvalue weighted by Crippen LogP contribution is 2.33. The van der Waals surface area contributed by atoms with Gasteiger partial charge in [-0.3, -0.25) is 0 Å². The van der Waals surface area contributed by atoms with Gasteiger partial charge in [0.15, 0.2) is 0 Å². The number of ether oxygens (including phenoxy) is 1. The molecule has 21 heavy (non-hydrogen) atoms. The van der Waals surface area contributed by atoms with Crippen molar-refractivity contribution in [2.24, 2.45) is 11.7 Å². The average molecular weight is 290 g/mol. The van der Waals surface area contributed by atoms with Crippen LogP contribution in [-0.2, 0) is 4.74 Å². The van der Waals surface area contributed by atoms with E-state index in [4.69, 9.17) is 10.5 Å². The third kappa shape index (κ3) is 3.97. The summed E-state index contributed by atoms with van der Waals surface area (Å²) in [4.78, 5) is 14.0. The molecule has 4 heteroatoms. The van der Waals surface area contributed by atoms with Crippen LogP contribution in [0.25, 0.3) is 0 Å². The number of benzene rings is 1. The molecule has 4 nitrogen and oxygen atoms in total. The lowest BCUT2D eigenvalue weighted by Gasteiger charge is -2.24. The maximum Gasteiger partial charge on any atom is 0.410 e. The van der Waals surface area contributed by atoms with Crippen LogP contribution < -0.4 is 5.73 Å². The first kappa shape index (κ1) is 15.8. The highest BCUT2D eigenvalue weighted by molar-refractivity contribution is 5.68. The normalized spacial score (nSPS) is 22.4. The molecule has 2 N–H and O–H groups in total. The van der Waals surface area contributed by atoms with Crippen LogP contribution in [0.5, 0.6) is 0 Å². The minimum Gasteiger partial charge on any atom is -0.444 e. The fraction of sp³-hybridized carbons (Fsp3) is 0.588. The van der Waals surface area contributed by atoms with Crippen molar-refractivity contribution in [3.8, 4) is 0 Å². The molecule has 1 fully saturated rings. The summed E-state index contributed by atoms with van der Waals surface area (Å²) in [6.07, 6.45) is -0.240. The lowest BCUT2D eigenvalue weighted by Crippen LogP contribution is -2.35. The zero-order valence-electron chi connectivity index (χ0n) is 13.4. The van der Waals surface area contributed by atoms with E-state index in [1.165, 1.54) is 11.1 Å². The maximum absolute atomic E-state index is 12.2. The van der Waals surface area contributed by atoms with Gasteiger partial charge < -0.3 is 15.4 Å². The van der Waals surface area contributed by atoms with Crippen LogP contribution in [0.3, 0.4) is 0 Å². The topological polar surface area (TPSA) is 55.6 Å². The van der Waals surface area contributed by atoms with Crippen LogP contribution >= 0.6 is 0 Å². The van der Waals surface area contributed by atoms with Gasteiger partial charge in [-0.15, -0.1) is 0 Å². The summed E-state index contributed by atoms with van der Waals surface area (Å²) in [5.74, 6) is 0.585. The first-order chi connectivity index (χ1) is 9.80. The van der Waals surface area contributed by atoms with Crippen molar-refractivity contribution in [2.75, 3.05) is 19.6 Å². The van der Waals surface area contributed by atoms with Gasteiger partial charge in [-0.05, 0) is 45.7 Å². The summed E-state index contributed by atoms with van der Waals surface area (Å²) in [5.41, 5.74) is 7.94. The van der Waals surface area contributed by atoms with Gasteiger partial charge in [-0.2, -0.15) is 0 Å². The van der Waals surface area contributed by atoms with Crippen molar-refractivity contribution in [1.29, 1.82) is 0 Å². The summed E-state index contributed by atoms with van der Waals surface area (Å²) in [6, 6.07) is 8.46. The Morgan fingerprint density at radius 3 is 2.67 bits per heavy atom. The molecule has 0 radical (unpaired) electrons. The zero-order chi connectivity index (χ0) is 15.6. The average Bonchev–Trinajstić information content (AvgIpc) is 2.81. The van der Waals surface area contributed by atoms with E-state index in [0.29, 0.717) is 31.5 Å². The van der Waals surface area contributed by atoms with E-state index in [1.807, 2.05) is 20.8 Å². The highest BCUT2D eigenvalue weighted by Gasteiger charge is 2.37. The van der Waals surface area contributed by atoms with Crippen molar-refractivity contribution >= 4 is 6.09 Å². The van der Waals surface area contributed by atoms with Gasteiger partial charge in [0, 0.05) is 19.0 Å². The second-order valence-corrected chi connectivity index (χ2v) is 6.90. The summed E-state index contributed by atoms with van der Waals surface area (Å²) < 4.78 is 5.47. The SMILES string of the molecule is Cc1cccc([C@H]2CN(C(=O)OC(C)(C)C)C[C@@H]2CN)c1. The van der Waals surface area contributed by atoms with E-state index in [2.05, 4.69) is 31.2 Å². The minimum absolute atomic E-state index is 0.240. The van der Waals surface area contributed by atoms with Gasteiger partial charge in [0.2, 0.25) is 0 Å². The number of hydrogen-bond acceptors (Lipinski definition) is 3. The molecular weight excluding hydrogens is 264 g/mol. The number of carbonyl (C=O) groups is 1. The Kier molecular flexibility index (Phi) is 4.57. The van der Waals surface area contributed by atoms with E-state index in [9.17, 15) is 4.79 Å². The Balaban J connectivity index is 2.12. The smallest absolute Gasteiger partial charge is 0.410 e. The number of rotatable bonds is 2. The number of nitrogens with two attached hydrogens (primary N) is 1. The fourth-order valence-corrected chi connectivity index (χ4v) is 2.86. The van der Waals surface area contributed by atoms with Gasteiger partial charge in [0.05, 0.1) is 0 Å². The second-order valence-electron chi connectivity index (χ2n) is 6.90. The highest BCUT2D eigenvalue weighted by atomic mass is 16.6. The molecule has 2 atom stereocenters. The van der Waals surface area contributed by atoms with E-state index < -0.39 is 5.60 Å². The monoisotopic (exact) mass is 290 g/mol. The molecule has 1 saturated heterocycles. The molecule has 1 heterocycles. The van der Waals surface area contributed by atoms with Crippen LogP contribution in [-0.4, -0.2) is 36.2 Å². The van der Waals surface area contributed by atoms with Crippen LogP contribution in [0, 0.1) is 12.8 Å². The summed E-state index contributed by atoms with van der Waals surface area (Å²) in [5, 5.41) is 0. The lowest BCUT2D eigenvalue weighted by molar-refractivity contribution is 0.0287. The predicted octanol–water partition coefficient (Wildman–Crippen LogP) is 2.90. The number of likely N-dealkylation sites (tertiary alicyclic amines) is 1. The number of aryl methyl sites for hydroxylation is 1. The summed E-state index contributed by atoms with van der Waals surface area (Å²) >= 11 is 0. The van der Waals surface area contributed by atoms with Crippen molar-refractivity contribution in [3.63, 3.8) is 0 Å². The Hall–Kier alpha value is -1.55. The molecular formula is C17H26N2O2. The van der Waals surface area contributed by atoms with E-state index in [0.717, 1.165) is 0 Å². The number of amides is 1. The minimum atomic E-state index is -0.462. The molecule has 2 rings (SSSR count). The number of nitrogens with zero attached hydrogens (tertiary/aromatic N) is 1. The molecule has 1 aliphatic heterocycles. The quantitative estimate of drug-likeness (QED) is 0.911. The molecule has 0 aliphatic carbocycles. The standard InChI is InChI=1S/C17H26N2O2/c1-12-6-5-7-13(8-12)15-11-19(10-14(15)9-18)16(20)21-17(2,3)4/h5-8,14-15H,9-11,18H2,1-4H3/t14-,15+/m0/s1. The van der Waals surface area contributed by atoms with E-state index in [1.54, 1.807) is 4.90 Å². The number of carbonyl (C=O) groups excluding carboxylic acids is 1. The van der Waals surface area contributed by atoms with E-state index in [-0.39, 0.29) is 6.09 Å². The van der Waals surface area contributed by atoms with Gasteiger partial charge in [0.1, 0.15) is 5.60 Å². The molecule has 1 aliphatic rings. The van der Waals surface area contributed by atoms with Crippen LogP contribution in [0.4, 0.5) is 4.79 Å². The van der Waals surface area contributed by atoms with Gasteiger partial charge >= 0.3 is 6.09 Å². The first-order valence-corrected chi connectivity index (χ1v) is 7.54. The largest absolute Gasteiger partial charge is 0.444 e. The molecule has 0 spiro atoms. The third-order valence-electron chi connectivity index (χ3n) is 3.87. The van der Waals surface area contributed by atoms with Crippen LogP contribution in [0.2, 0.25) is 0 Å². The summed E-state index contributed by atoms with van der Waals surface area (Å²) in [7, 11) is 0. The van der Waals surface area contributed by atoms with Crippen molar-refractivity contribution in [2.45, 2.75) is 39.2 Å². The van der Waals surface area contributed by atoms with Crippen LogP contribution in [0.1, 0.15) is 37.8 Å². The predicted molar refractivity (Wildman–Crippen MR) is 84.3 cm³/mol.